The molecular weight excluding hydrogens is 164 g/mol. The zero-order chi connectivity index (χ0) is 9.84. The maximum atomic E-state index is 11.4. The van der Waals surface area contributed by atoms with Gasteiger partial charge in [-0.1, -0.05) is 18.6 Å². The first kappa shape index (κ1) is 9.79. The quantitative estimate of drug-likeness (QED) is 0.568. The second kappa shape index (κ2) is 4.08. The lowest BCUT2D eigenvalue weighted by molar-refractivity contribution is -0.130. The molecule has 13 heavy (non-hydrogen) atoms. The predicted octanol–water partition coefficient (Wildman–Crippen LogP) is 1.32. The molecule has 0 aliphatic carbocycles. The number of carbonyl (C=O) groups excluding carboxylic acids is 1. The molecule has 3 nitrogen and oxygen atoms in total. The molecule has 0 fully saturated rings. The molecule has 0 spiro atoms. The van der Waals surface area contributed by atoms with E-state index >= 15 is 0 Å². The molecule has 1 unspecified atom stereocenters. The number of nitrogens with zero attached hydrogens (tertiary/aromatic N) is 2. The van der Waals surface area contributed by atoms with E-state index in [2.05, 4.69) is 13.0 Å². The SMILES string of the molecule is CC1=CC(C)CN(C(=O)CC#N)C1. The fourth-order valence-electron chi connectivity index (χ4n) is 1.67. The van der Waals surface area contributed by atoms with Gasteiger partial charge in [0.1, 0.15) is 6.42 Å². The maximum Gasteiger partial charge on any atom is 0.237 e. The van der Waals surface area contributed by atoms with Crippen LogP contribution in [0.15, 0.2) is 11.6 Å². The molecule has 1 atom stereocenters. The lowest BCUT2D eigenvalue weighted by Gasteiger charge is -2.29. The number of nitriles is 1. The average molecular weight is 178 g/mol. The monoisotopic (exact) mass is 178 g/mol. The van der Waals surface area contributed by atoms with Gasteiger partial charge in [-0.2, -0.15) is 5.26 Å². The maximum absolute atomic E-state index is 11.4. The van der Waals surface area contributed by atoms with Gasteiger partial charge in [-0.3, -0.25) is 4.79 Å². The topological polar surface area (TPSA) is 44.1 Å². The molecule has 0 N–H and O–H groups in total. The first-order valence-electron chi connectivity index (χ1n) is 4.45. The van der Waals surface area contributed by atoms with Crippen molar-refractivity contribution >= 4 is 5.91 Å². The van der Waals surface area contributed by atoms with Gasteiger partial charge >= 0.3 is 0 Å². The van der Waals surface area contributed by atoms with Crippen molar-refractivity contribution in [3.8, 4) is 6.07 Å². The average Bonchev–Trinajstić information content (AvgIpc) is 2.03. The Bertz CT molecular complexity index is 275. The third-order valence-electron chi connectivity index (χ3n) is 2.10. The first-order valence-corrected chi connectivity index (χ1v) is 4.45. The van der Waals surface area contributed by atoms with Gasteiger partial charge in [-0.25, -0.2) is 0 Å². The van der Waals surface area contributed by atoms with Crippen molar-refractivity contribution in [2.24, 2.45) is 5.92 Å². The fourth-order valence-corrected chi connectivity index (χ4v) is 1.67. The van der Waals surface area contributed by atoms with Crippen LogP contribution in [-0.4, -0.2) is 23.9 Å². The Morgan fingerprint density at radius 1 is 1.85 bits per heavy atom. The van der Waals surface area contributed by atoms with Crippen molar-refractivity contribution in [1.82, 2.24) is 4.90 Å². The Morgan fingerprint density at radius 2 is 2.54 bits per heavy atom. The molecule has 0 saturated heterocycles. The molecule has 1 aliphatic heterocycles. The van der Waals surface area contributed by atoms with Gasteiger partial charge in [0.05, 0.1) is 6.07 Å². The van der Waals surface area contributed by atoms with Gasteiger partial charge in [-0.15, -0.1) is 0 Å². The van der Waals surface area contributed by atoms with E-state index < -0.39 is 0 Å². The second-order valence-electron chi connectivity index (χ2n) is 3.60. The summed E-state index contributed by atoms with van der Waals surface area (Å²) >= 11 is 0. The van der Waals surface area contributed by atoms with E-state index in [9.17, 15) is 4.79 Å². The van der Waals surface area contributed by atoms with Crippen molar-refractivity contribution in [2.75, 3.05) is 13.1 Å². The summed E-state index contributed by atoms with van der Waals surface area (Å²) in [6.07, 6.45) is 2.18. The highest BCUT2D eigenvalue weighted by atomic mass is 16.2. The van der Waals surface area contributed by atoms with Crippen LogP contribution in [0.1, 0.15) is 20.3 Å². The summed E-state index contributed by atoms with van der Waals surface area (Å²) in [5, 5.41) is 8.39. The van der Waals surface area contributed by atoms with E-state index in [0.717, 1.165) is 6.54 Å². The van der Waals surface area contributed by atoms with Crippen LogP contribution in [0.25, 0.3) is 0 Å². The third-order valence-corrected chi connectivity index (χ3v) is 2.10. The van der Waals surface area contributed by atoms with Crippen molar-refractivity contribution < 1.29 is 4.79 Å². The van der Waals surface area contributed by atoms with Crippen LogP contribution in [0.2, 0.25) is 0 Å². The lowest BCUT2D eigenvalue weighted by atomic mass is 10.0. The van der Waals surface area contributed by atoms with Gasteiger partial charge in [0, 0.05) is 13.1 Å². The fraction of sp³-hybridized carbons (Fsp3) is 0.600. The molecule has 0 radical (unpaired) electrons. The standard InChI is InChI=1S/C10H14N2O/c1-8-5-9(2)7-12(6-8)10(13)3-4-11/h5,8H,3,6-7H2,1-2H3. The number of hydrogen-bond acceptors (Lipinski definition) is 2. The molecule has 70 valence electrons. The summed E-state index contributed by atoms with van der Waals surface area (Å²) in [6.45, 7) is 5.53. The number of rotatable bonds is 1. The highest BCUT2D eigenvalue weighted by Gasteiger charge is 2.19. The lowest BCUT2D eigenvalue weighted by Crippen LogP contribution is -2.38. The molecule has 1 aliphatic rings. The Hall–Kier alpha value is -1.30. The van der Waals surface area contributed by atoms with Crippen LogP contribution >= 0.6 is 0 Å². The number of hydrogen-bond donors (Lipinski definition) is 0. The van der Waals surface area contributed by atoms with Crippen molar-refractivity contribution in [2.45, 2.75) is 20.3 Å². The van der Waals surface area contributed by atoms with Crippen LogP contribution in [0, 0.1) is 17.2 Å². The Kier molecular flexibility index (Phi) is 3.07. The van der Waals surface area contributed by atoms with Crippen LogP contribution in [0.4, 0.5) is 0 Å². The van der Waals surface area contributed by atoms with E-state index in [1.54, 1.807) is 4.90 Å². The molecular formula is C10H14N2O. The van der Waals surface area contributed by atoms with Crippen LogP contribution in [0.3, 0.4) is 0 Å². The zero-order valence-electron chi connectivity index (χ0n) is 8.08. The highest BCUT2D eigenvalue weighted by Crippen LogP contribution is 2.14. The predicted molar refractivity (Wildman–Crippen MR) is 49.7 cm³/mol. The number of carbonyl (C=O) groups is 1. The van der Waals surface area contributed by atoms with Gasteiger partial charge in [0.15, 0.2) is 0 Å². The summed E-state index contributed by atoms with van der Waals surface area (Å²) in [4.78, 5) is 13.1. The van der Waals surface area contributed by atoms with E-state index in [-0.39, 0.29) is 12.3 Å². The van der Waals surface area contributed by atoms with Crippen molar-refractivity contribution in [3.63, 3.8) is 0 Å². The highest BCUT2D eigenvalue weighted by molar-refractivity contribution is 5.78. The van der Waals surface area contributed by atoms with Crippen LogP contribution in [-0.2, 0) is 4.79 Å². The normalized spacial score (nSPS) is 22.1. The van der Waals surface area contributed by atoms with Crippen LogP contribution < -0.4 is 0 Å². The number of amides is 1. The van der Waals surface area contributed by atoms with E-state index in [1.165, 1.54) is 5.57 Å². The molecule has 0 bridgehead atoms. The van der Waals surface area contributed by atoms with Gasteiger partial charge < -0.3 is 4.90 Å². The second-order valence-corrected chi connectivity index (χ2v) is 3.60. The third kappa shape index (κ3) is 2.59. The van der Waals surface area contributed by atoms with Crippen molar-refractivity contribution in [1.29, 1.82) is 5.26 Å². The van der Waals surface area contributed by atoms with Crippen LogP contribution in [0.5, 0.6) is 0 Å². The molecule has 0 aromatic heterocycles. The Morgan fingerprint density at radius 3 is 3.08 bits per heavy atom. The van der Waals surface area contributed by atoms with E-state index in [0.29, 0.717) is 12.5 Å². The first-order chi connectivity index (χ1) is 6.13. The minimum Gasteiger partial charge on any atom is -0.337 e. The Balaban J connectivity index is 2.60. The summed E-state index contributed by atoms with van der Waals surface area (Å²) in [5.74, 6) is 0.359. The molecule has 3 heteroatoms. The zero-order valence-corrected chi connectivity index (χ0v) is 8.08. The Labute approximate surface area is 78.6 Å². The smallest absolute Gasteiger partial charge is 0.237 e. The molecule has 1 amide bonds. The molecule has 0 saturated carbocycles. The van der Waals surface area contributed by atoms with Crippen molar-refractivity contribution in [3.05, 3.63) is 11.6 Å². The largest absolute Gasteiger partial charge is 0.337 e. The minimum absolute atomic E-state index is 0. The summed E-state index contributed by atoms with van der Waals surface area (Å²) in [5.41, 5.74) is 1.21. The van der Waals surface area contributed by atoms with Gasteiger partial charge in [-0.05, 0) is 12.8 Å². The molecule has 1 heterocycles. The molecule has 0 aromatic carbocycles. The van der Waals surface area contributed by atoms with E-state index in [1.807, 2.05) is 13.0 Å². The minimum atomic E-state index is -0.0539. The molecule has 1 rings (SSSR count). The van der Waals surface area contributed by atoms with Gasteiger partial charge in [0.25, 0.3) is 0 Å². The summed E-state index contributed by atoms with van der Waals surface area (Å²) in [6, 6.07) is 1.88. The van der Waals surface area contributed by atoms with E-state index in [4.69, 9.17) is 5.26 Å². The summed E-state index contributed by atoms with van der Waals surface area (Å²) in [7, 11) is 0. The van der Waals surface area contributed by atoms with Gasteiger partial charge in [0.2, 0.25) is 5.91 Å². The summed E-state index contributed by atoms with van der Waals surface area (Å²) < 4.78 is 0. The molecule has 0 aromatic rings.